The van der Waals surface area contributed by atoms with E-state index in [1.807, 2.05) is 0 Å². The summed E-state index contributed by atoms with van der Waals surface area (Å²) in [6.45, 7) is 0. The summed E-state index contributed by atoms with van der Waals surface area (Å²) in [5.41, 5.74) is 0.679. The molecule has 0 bridgehead atoms. The Morgan fingerprint density at radius 2 is 2.23 bits per heavy atom. The highest BCUT2D eigenvalue weighted by molar-refractivity contribution is 9.09. The molecule has 0 fully saturated rings. The van der Waals surface area contributed by atoms with Crippen LogP contribution in [0.15, 0.2) is 18.2 Å². The summed E-state index contributed by atoms with van der Waals surface area (Å²) in [6, 6.07) is 4.95. The van der Waals surface area contributed by atoms with Crippen molar-refractivity contribution >= 4 is 33.2 Å². The molecule has 0 aliphatic heterocycles. The molecule has 1 aromatic carbocycles. The molecule has 70 valence electrons. The molecule has 1 rings (SSSR count). The van der Waals surface area contributed by atoms with Crippen LogP contribution in [0.1, 0.15) is 5.56 Å². The fraction of sp³-hybridized carbons (Fsp3) is 0.250. The molecule has 0 unspecified atom stereocenters. The second-order valence-corrected chi connectivity index (χ2v) is 3.64. The number of para-hydroxylation sites is 1. The average molecular weight is 265 g/mol. The van der Waals surface area contributed by atoms with E-state index in [9.17, 15) is 10.1 Å². The Morgan fingerprint density at radius 1 is 1.54 bits per heavy atom. The number of benzene rings is 1. The van der Waals surface area contributed by atoms with Crippen LogP contribution in [0.3, 0.4) is 0 Å². The zero-order valence-corrected chi connectivity index (χ0v) is 9.01. The van der Waals surface area contributed by atoms with Crippen molar-refractivity contribution in [1.29, 1.82) is 0 Å². The summed E-state index contributed by atoms with van der Waals surface area (Å²) in [7, 11) is 0. The van der Waals surface area contributed by atoms with Gasteiger partial charge in [-0.05, 0) is 12.5 Å². The zero-order chi connectivity index (χ0) is 9.84. The molecule has 0 saturated carbocycles. The van der Waals surface area contributed by atoms with Gasteiger partial charge < -0.3 is 0 Å². The third kappa shape index (κ3) is 2.42. The van der Waals surface area contributed by atoms with Gasteiger partial charge in [0.25, 0.3) is 5.69 Å². The van der Waals surface area contributed by atoms with Gasteiger partial charge in [-0.2, -0.15) is 0 Å². The highest BCUT2D eigenvalue weighted by Gasteiger charge is 2.16. The molecule has 0 aromatic heterocycles. The normalized spacial score (nSPS) is 10.0. The van der Waals surface area contributed by atoms with Gasteiger partial charge in [-0.15, -0.1) is 0 Å². The van der Waals surface area contributed by atoms with Crippen LogP contribution in [0.5, 0.6) is 0 Å². The molecule has 0 atom stereocenters. The summed E-state index contributed by atoms with van der Waals surface area (Å²) in [6.07, 6.45) is 0.608. The van der Waals surface area contributed by atoms with E-state index in [1.54, 1.807) is 12.1 Å². The molecule has 0 heterocycles. The Kier molecular flexibility index (Phi) is 3.69. The van der Waals surface area contributed by atoms with Crippen LogP contribution in [0.25, 0.3) is 0 Å². The van der Waals surface area contributed by atoms with Crippen molar-refractivity contribution in [2.45, 2.75) is 6.42 Å². The van der Waals surface area contributed by atoms with Crippen LogP contribution >= 0.6 is 27.5 Å². The van der Waals surface area contributed by atoms with Gasteiger partial charge in [0.1, 0.15) is 5.02 Å². The van der Waals surface area contributed by atoms with E-state index in [2.05, 4.69) is 15.9 Å². The minimum absolute atomic E-state index is 0.0172. The lowest BCUT2D eigenvalue weighted by molar-refractivity contribution is -0.385. The summed E-state index contributed by atoms with van der Waals surface area (Å²) >= 11 is 8.93. The molecule has 5 heteroatoms. The maximum absolute atomic E-state index is 10.6. The molecule has 0 saturated heterocycles. The van der Waals surface area contributed by atoms with Crippen LogP contribution < -0.4 is 0 Å². The average Bonchev–Trinajstić information content (AvgIpc) is 2.04. The van der Waals surface area contributed by atoms with Gasteiger partial charge in [-0.3, -0.25) is 10.1 Å². The van der Waals surface area contributed by atoms with E-state index in [1.165, 1.54) is 6.07 Å². The fourth-order valence-electron chi connectivity index (χ4n) is 1.07. The lowest BCUT2D eigenvalue weighted by Gasteiger charge is -2.01. The van der Waals surface area contributed by atoms with Gasteiger partial charge in [0.15, 0.2) is 0 Å². The number of rotatable bonds is 3. The van der Waals surface area contributed by atoms with Crippen molar-refractivity contribution < 1.29 is 4.92 Å². The van der Waals surface area contributed by atoms with Gasteiger partial charge in [0.2, 0.25) is 0 Å². The smallest absolute Gasteiger partial charge is 0.258 e. The number of halogens is 2. The number of nitro groups is 1. The number of nitrogens with zero attached hydrogens (tertiary/aromatic N) is 1. The molecular formula is C8H7BrClNO2. The van der Waals surface area contributed by atoms with E-state index in [0.29, 0.717) is 17.3 Å². The number of aryl methyl sites for hydroxylation is 1. The first kappa shape index (κ1) is 10.5. The first-order chi connectivity index (χ1) is 6.16. The van der Waals surface area contributed by atoms with Crippen LogP contribution in [0.4, 0.5) is 5.69 Å². The Labute approximate surface area is 89.0 Å². The lowest BCUT2D eigenvalue weighted by Crippen LogP contribution is -1.96. The summed E-state index contributed by atoms with van der Waals surface area (Å²) in [5.74, 6) is 0. The first-order valence-corrected chi connectivity index (χ1v) is 5.14. The Balaban J connectivity index is 3.17. The SMILES string of the molecule is O=[N+]([O-])c1c(Cl)cccc1CCBr. The van der Waals surface area contributed by atoms with Gasteiger partial charge in [-0.1, -0.05) is 39.7 Å². The zero-order valence-electron chi connectivity index (χ0n) is 6.67. The van der Waals surface area contributed by atoms with Crippen LogP contribution in [-0.4, -0.2) is 10.3 Å². The third-order valence-corrected chi connectivity index (χ3v) is 2.32. The molecular weight excluding hydrogens is 257 g/mol. The molecule has 0 spiro atoms. The molecule has 0 amide bonds. The molecule has 3 nitrogen and oxygen atoms in total. The molecule has 0 aliphatic carbocycles. The Hall–Kier alpha value is -0.610. The van der Waals surface area contributed by atoms with E-state index in [4.69, 9.17) is 11.6 Å². The highest BCUT2D eigenvalue weighted by Crippen LogP contribution is 2.28. The molecule has 13 heavy (non-hydrogen) atoms. The van der Waals surface area contributed by atoms with Crippen LogP contribution in [0, 0.1) is 10.1 Å². The maximum atomic E-state index is 10.6. The third-order valence-electron chi connectivity index (χ3n) is 1.62. The van der Waals surface area contributed by atoms with Crippen molar-refractivity contribution in [3.8, 4) is 0 Å². The van der Waals surface area contributed by atoms with Gasteiger partial charge in [-0.25, -0.2) is 0 Å². The van der Waals surface area contributed by atoms with Crippen molar-refractivity contribution in [3.05, 3.63) is 38.9 Å². The van der Waals surface area contributed by atoms with Gasteiger partial charge in [0, 0.05) is 10.9 Å². The van der Waals surface area contributed by atoms with Crippen molar-refractivity contribution in [1.82, 2.24) is 0 Å². The number of hydrogen-bond acceptors (Lipinski definition) is 2. The van der Waals surface area contributed by atoms with Crippen molar-refractivity contribution in [2.75, 3.05) is 5.33 Å². The Morgan fingerprint density at radius 3 is 2.77 bits per heavy atom. The first-order valence-electron chi connectivity index (χ1n) is 3.64. The second-order valence-electron chi connectivity index (χ2n) is 2.44. The molecule has 0 radical (unpaired) electrons. The predicted molar refractivity (Wildman–Crippen MR) is 55.6 cm³/mol. The van der Waals surface area contributed by atoms with Crippen molar-refractivity contribution in [2.24, 2.45) is 0 Å². The quantitative estimate of drug-likeness (QED) is 0.478. The monoisotopic (exact) mass is 263 g/mol. The summed E-state index contributed by atoms with van der Waals surface area (Å²) < 4.78 is 0. The number of alkyl halides is 1. The highest BCUT2D eigenvalue weighted by atomic mass is 79.9. The fourth-order valence-corrected chi connectivity index (χ4v) is 1.76. The minimum Gasteiger partial charge on any atom is -0.258 e. The predicted octanol–water partition coefficient (Wildman–Crippen LogP) is 3.19. The van der Waals surface area contributed by atoms with Gasteiger partial charge >= 0.3 is 0 Å². The maximum Gasteiger partial charge on any atom is 0.291 e. The van der Waals surface area contributed by atoms with Crippen LogP contribution in [0.2, 0.25) is 5.02 Å². The van der Waals surface area contributed by atoms with E-state index in [0.717, 1.165) is 0 Å². The number of nitro benzene ring substituents is 1. The molecule has 0 aliphatic rings. The van der Waals surface area contributed by atoms with E-state index in [-0.39, 0.29) is 10.7 Å². The molecule has 1 aromatic rings. The largest absolute Gasteiger partial charge is 0.291 e. The lowest BCUT2D eigenvalue weighted by atomic mass is 10.1. The van der Waals surface area contributed by atoms with Crippen LogP contribution in [-0.2, 0) is 6.42 Å². The Bertz CT molecular complexity index is 330. The van der Waals surface area contributed by atoms with Crippen molar-refractivity contribution in [3.63, 3.8) is 0 Å². The minimum atomic E-state index is -0.444. The van der Waals surface area contributed by atoms with E-state index < -0.39 is 4.92 Å². The summed E-state index contributed by atoms with van der Waals surface area (Å²) in [4.78, 5) is 10.2. The van der Waals surface area contributed by atoms with Gasteiger partial charge in [0.05, 0.1) is 4.92 Å². The second kappa shape index (κ2) is 4.58. The van der Waals surface area contributed by atoms with E-state index >= 15 is 0 Å². The standard InChI is InChI=1S/C8H7BrClNO2/c9-5-4-6-2-1-3-7(10)8(6)11(12)13/h1-3H,4-5H2. The summed E-state index contributed by atoms with van der Waals surface area (Å²) in [5, 5.41) is 11.5. The number of hydrogen-bond donors (Lipinski definition) is 0. The topological polar surface area (TPSA) is 43.1 Å². The molecule has 0 N–H and O–H groups in total.